The molecule has 0 radical (unpaired) electrons. The maximum Gasteiger partial charge on any atom is 0.241 e. The van der Waals surface area contributed by atoms with Gasteiger partial charge in [-0.2, -0.15) is 0 Å². The Bertz CT molecular complexity index is 681. The minimum atomic E-state index is -0.247. The molecule has 2 amide bonds. The highest BCUT2D eigenvalue weighted by molar-refractivity contribution is 5.95. The Morgan fingerprint density at radius 2 is 1.84 bits per heavy atom. The van der Waals surface area contributed by atoms with E-state index in [0.29, 0.717) is 30.3 Å². The molecule has 1 saturated carbocycles. The SMILES string of the molecule is C[C@H](C(=O)Nc1ccc2c(c1)OCO2)N1CCN(C(=O)C2CC2)CC1. The molecule has 2 fully saturated rings. The first-order valence-corrected chi connectivity index (χ1v) is 8.85. The topological polar surface area (TPSA) is 71.1 Å². The van der Waals surface area contributed by atoms with E-state index in [0.717, 1.165) is 25.9 Å². The lowest BCUT2D eigenvalue weighted by Gasteiger charge is -2.37. The summed E-state index contributed by atoms with van der Waals surface area (Å²) in [7, 11) is 0. The number of fused-ring (bicyclic) bond motifs is 1. The van der Waals surface area contributed by atoms with Crippen LogP contribution in [0.5, 0.6) is 11.5 Å². The average molecular weight is 345 g/mol. The van der Waals surface area contributed by atoms with Crippen molar-refractivity contribution in [1.29, 1.82) is 0 Å². The van der Waals surface area contributed by atoms with Gasteiger partial charge in [-0.1, -0.05) is 0 Å². The third-order valence-electron chi connectivity index (χ3n) is 5.12. The molecule has 2 heterocycles. The fraction of sp³-hybridized carbons (Fsp3) is 0.556. The first kappa shape index (κ1) is 16.2. The molecule has 134 valence electrons. The number of rotatable bonds is 4. The third-order valence-corrected chi connectivity index (χ3v) is 5.12. The highest BCUT2D eigenvalue weighted by Crippen LogP contribution is 2.34. The molecular weight excluding hydrogens is 322 g/mol. The second-order valence-corrected chi connectivity index (χ2v) is 6.87. The summed E-state index contributed by atoms with van der Waals surface area (Å²) >= 11 is 0. The maximum absolute atomic E-state index is 12.5. The molecule has 4 rings (SSSR count). The lowest BCUT2D eigenvalue weighted by Crippen LogP contribution is -2.54. The van der Waals surface area contributed by atoms with Gasteiger partial charge in [0.15, 0.2) is 11.5 Å². The Kier molecular flexibility index (Phi) is 4.25. The summed E-state index contributed by atoms with van der Waals surface area (Å²) in [6.07, 6.45) is 2.07. The van der Waals surface area contributed by atoms with Crippen molar-refractivity contribution in [2.75, 3.05) is 38.3 Å². The van der Waals surface area contributed by atoms with Crippen LogP contribution in [0.3, 0.4) is 0 Å². The van der Waals surface area contributed by atoms with Gasteiger partial charge in [0.1, 0.15) is 0 Å². The average Bonchev–Trinajstić information content (AvgIpc) is 3.38. The number of amides is 2. The molecule has 25 heavy (non-hydrogen) atoms. The first-order valence-electron chi connectivity index (χ1n) is 8.85. The lowest BCUT2D eigenvalue weighted by molar-refractivity contribution is -0.135. The first-order chi connectivity index (χ1) is 12.1. The van der Waals surface area contributed by atoms with E-state index in [1.165, 1.54) is 0 Å². The van der Waals surface area contributed by atoms with Crippen molar-refractivity contribution in [2.24, 2.45) is 5.92 Å². The number of benzene rings is 1. The minimum Gasteiger partial charge on any atom is -0.454 e. The number of anilines is 1. The van der Waals surface area contributed by atoms with Crippen LogP contribution in [0.1, 0.15) is 19.8 Å². The standard InChI is InChI=1S/C18H23N3O4/c1-12(20-6-8-21(9-7-20)18(23)13-2-3-13)17(22)19-14-4-5-15-16(10-14)25-11-24-15/h4-5,10,12-13H,2-3,6-9,11H2,1H3,(H,19,22)/t12-/m1/s1. The van der Waals surface area contributed by atoms with Crippen molar-refractivity contribution in [2.45, 2.75) is 25.8 Å². The number of hydrogen-bond donors (Lipinski definition) is 1. The Labute approximate surface area is 146 Å². The van der Waals surface area contributed by atoms with E-state index in [-0.39, 0.29) is 30.6 Å². The molecule has 7 nitrogen and oxygen atoms in total. The van der Waals surface area contributed by atoms with Crippen LogP contribution in [0.25, 0.3) is 0 Å². The van der Waals surface area contributed by atoms with Crippen LogP contribution in [0.15, 0.2) is 18.2 Å². The van der Waals surface area contributed by atoms with Crippen molar-refractivity contribution >= 4 is 17.5 Å². The molecule has 1 aromatic carbocycles. The Balaban J connectivity index is 1.31. The molecule has 0 aromatic heterocycles. The van der Waals surface area contributed by atoms with Gasteiger partial charge < -0.3 is 19.7 Å². The zero-order chi connectivity index (χ0) is 17.4. The largest absolute Gasteiger partial charge is 0.454 e. The van der Waals surface area contributed by atoms with E-state index < -0.39 is 0 Å². The highest BCUT2D eigenvalue weighted by atomic mass is 16.7. The van der Waals surface area contributed by atoms with Crippen molar-refractivity contribution in [3.8, 4) is 11.5 Å². The van der Waals surface area contributed by atoms with Crippen LogP contribution in [0.2, 0.25) is 0 Å². The third kappa shape index (κ3) is 3.42. The highest BCUT2D eigenvalue weighted by Gasteiger charge is 2.35. The van der Waals surface area contributed by atoms with Crippen LogP contribution in [0.4, 0.5) is 5.69 Å². The number of ether oxygens (including phenoxy) is 2. The Morgan fingerprint density at radius 3 is 2.56 bits per heavy atom. The minimum absolute atomic E-state index is 0.0548. The van der Waals surface area contributed by atoms with Gasteiger partial charge in [-0.25, -0.2) is 0 Å². The molecular formula is C18H23N3O4. The van der Waals surface area contributed by atoms with Gasteiger partial charge in [0, 0.05) is 43.9 Å². The quantitative estimate of drug-likeness (QED) is 0.891. The molecule has 0 unspecified atom stereocenters. The van der Waals surface area contributed by atoms with E-state index >= 15 is 0 Å². The van der Waals surface area contributed by atoms with E-state index in [1.54, 1.807) is 12.1 Å². The van der Waals surface area contributed by atoms with E-state index in [1.807, 2.05) is 17.9 Å². The number of piperazine rings is 1. The normalized spacial score (nSPS) is 21.1. The van der Waals surface area contributed by atoms with Gasteiger partial charge in [-0.15, -0.1) is 0 Å². The summed E-state index contributed by atoms with van der Waals surface area (Å²) in [5.41, 5.74) is 0.698. The van der Waals surface area contributed by atoms with Gasteiger partial charge in [0.2, 0.25) is 18.6 Å². The molecule has 7 heteroatoms. The fourth-order valence-corrected chi connectivity index (χ4v) is 3.30. The van der Waals surface area contributed by atoms with Gasteiger partial charge in [-0.05, 0) is 31.9 Å². The molecule has 1 aliphatic carbocycles. The Morgan fingerprint density at radius 1 is 1.12 bits per heavy atom. The second kappa shape index (κ2) is 6.55. The van der Waals surface area contributed by atoms with Crippen molar-refractivity contribution in [3.63, 3.8) is 0 Å². The predicted molar refractivity (Wildman–Crippen MR) is 91.5 cm³/mol. The number of nitrogens with one attached hydrogen (secondary N) is 1. The second-order valence-electron chi connectivity index (χ2n) is 6.87. The zero-order valence-electron chi connectivity index (χ0n) is 14.4. The summed E-state index contributed by atoms with van der Waals surface area (Å²) in [6, 6.07) is 5.14. The fourth-order valence-electron chi connectivity index (χ4n) is 3.30. The summed E-state index contributed by atoms with van der Waals surface area (Å²) < 4.78 is 10.6. The number of nitrogens with zero attached hydrogens (tertiary/aromatic N) is 2. The number of carbonyl (C=O) groups excluding carboxylic acids is 2. The van der Waals surface area contributed by atoms with Crippen molar-refractivity contribution in [1.82, 2.24) is 9.80 Å². The molecule has 1 atom stereocenters. The zero-order valence-corrected chi connectivity index (χ0v) is 14.4. The number of carbonyl (C=O) groups is 2. The Hall–Kier alpha value is -2.28. The van der Waals surface area contributed by atoms with Crippen molar-refractivity contribution in [3.05, 3.63) is 18.2 Å². The predicted octanol–water partition coefficient (Wildman–Crippen LogP) is 1.30. The molecule has 1 saturated heterocycles. The van der Waals surface area contributed by atoms with Crippen LogP contribution >= 0.6 is 0 Å². The van der Waals surface area contributed by atoms with Gasteiger partial charge in [0.25, 0.3) is 0 Å². The van der Waals surface area contributed by atoms with Crippen LogP contribution < -0.4 is 14.8 Å². The van der Waals surface area contributed by atoms with Gasteiger partial charge in [-0.3, -0.25) is 14.5 Å². The lowest BCUT2D eigenvalue weighted by atomic mass is 10.2. The van der Waals surface area contributed by atoms with Crippen molar-refractivity contribution < 1.29 is 19.1 Å². The number of hydrogen-bond acceptors (Lipinski definition) is 5. The van der Waals surface area contributed by atoms with Crippen LogP contribution in [-0.2, 0) is 9.59 Å². The molecule has 3 aliphatic rings. The van der Waals surface area contributed by atoms with E-state index in [9.17, 15) is 9.59 Å². The van der Waals surface area contributed by atoms with Gasteiger partial charge >= 0.3 is 0 Å². The molecule has 0 bridgehead atoms. The summed E-state index contributed by atoms with van der Waals surface area (Å²) in [4.78, 5) is 28.7. The molecule has 1 N–H and O–H groups in total. The van der Waals surface area contributed by atoms with Crippen LogP contribution in [0, 0.1) is 5.92 Å². The van der Waals surface area contributed by atoms with E-state index in [2.05, 4.69) is 10.2 Å². The molecule has 1 aromatic rings. The van der Waals surface area contributed by atoms with Crippen LogP contribution in [-0.4, -0.2) is 60.6 Å². The summed E-state index contributed by atoms with van der Waals surface area (Å²) in [5, 5.41) is 2.93. The molecule has 2 aliphatic heterocycles. The monoisotopic (exact) mass is 345 g/mol. The molecule has 0 spiro atoms. The van der Waals surface area contributed by atoms with Gasteiger partial charge in [0.05, 0.1) is 6.04 Å². The smallest absolute Gasteiger partial charge is 0.241 e. The van der Waals surface area contributed by atoms with E-state index in [4.69, 9.17) is 9.47 Å². The summed E-state index contributed by atoms with van der Waals surface area (Å²) in [5.74, 6) is 1.84. The maximum atomic E-state index is 12.5. The summed E-state index contributed by atoms with van der Waals surface area (Å²) in [6.45, 7) is 4.99.